The average molecular weight is 380 g/mol. The third-order valence-corrected chi connectivity index (χ3v) is 5.71. The van der Waals surface area contributed by atoms with Crippen molar-refractivity contribution < 1.29 is 14.3 Å². The summed E-state index contributed by atoms with van der Waals surface area (Å²) >= 11 is 0. The highest BCUT2D eigenvalue weighted by Gasteiger charge is 2.26. The number of amides is 1. The summed E-state index contributed by atoms with van der Waals surface area (Å²) in [6, 6.07) is 16.9. The van der Waals surface area contributed by atoms with Crippen molar-refractivity contribution in [3.05, 3.63) is 59.7 Å². The molecule has 0 saturated carbocycles. The van der Waals surface area contributed by atoms with Gasteiger partial charge in [-0.1, -0.05) is 36.4 Å². The number of ether oxygens (including phenoxy) is 2. The molecule has 4 rings (SSSR count). The van der Waals surface area contributed by atoms with Crippen molar-refractivity contribution in [2.45, 2.75) is 38.3 Å². The lowest BCUT2D eigenvalue weighted by atomic mass is 10.0. The first-order valence-corrected chi connectivity index (χ1v) is 10.1. The molecule has 1 atom stereocenters. The minimum Gasteiger partial charge on any atom is -0.454 e. The van der Waals surface area contributed by atoms with Gasteiger partial charge in [-0.05, 0) is 49.6 Å². The normalized spacial score (nSPS) is 18.5. The molecule has 1 fully saturated rings. The number of likely N-dealkylation sites (N-methyl/N-ethyl adjacent to an activating group) is 1. The Morgan fingerprint density at radius 1 is 1.11 bits per heavy atom. The maximum absolute atomic E-state index is 12.8. The number of carbonyl (C=O) groups is 1. The fraction of sp³-hybridized carbons (Fsp3) is 0.435. The van der Waals surface area contributed by atoms with E-state index in [0.29, 0.717) is 12.5 Å². The lowest BCUT2D eigenvalue weighted by Crippen LogP contribution is -2.48. The van der Waals surface area contributed by atoms with Crippen LogP contribution in [0.5, 0.6) is 11.5 Å². The van der Waals surface area contributed by atoms with E-state index in [9.17, 15) is 4.79 Å². The third-order valence-electron chi connectivity index (χ3n) is 5.71. The molecule has 0 radical (unpaired) electrons. The smallest absolute Gasteiger partial charge is 0.231 e. The minimum absolute atomic E-state index is 0.246. The Balaban J connectivity index is 1.29. The molecule has 2 aromatic carbocycles. The maximum atomic E-state index is 12.8. The number of nitrogens with zero attached hydrogens (tertiary/aromatic N) is 2. The second-order valence-electron chi connectivity index (χ2n) is 7.72. The number of likely N-dealkylation sites (tertiary alicyclic amines) is 1. The highest BCUT2D eigenvalue weighted by molar-refractivity contribution is 5.76. The number of hydrogen-bond donors (Lipinski definition) is 0. The quantitative estimate of drug-likeness (QED) is 0.770. The van der Waals surface area contributed by atoms with Crippen LogP contribution < -0.4 is 9.47 Å². The predicted molar refractivity (Wildman–Crippen MR) is 108 cm³/mol. The Bertz CT molecular complexity index is 809. The molecule has 2 heterocycles. The van der Waals surface area contributed by atoms with Gasteiger partial charge in [0.05, 0.1) is 0 Å². The van der Waals surface area contributed by atoms with Crippen LogP contribution >= 0.6 is 0 Å². The Kier molecular flexibility index (Phi) is 5.81. The number of fused-ring (bicyclic) bond motifs is 1. The van der Waals surface area contributed by atoms with Gasteiger partial charge in [-0.3, -0.25) is 9.69 Å². The van der Waals surface area contributed by atoms with Crippen molar-refractivity contribution in [3.8, 4) is 11.5 Å². The van der Waals surface area contributed by atoms with Crippen molar-refractivity contribution >= 4 is 5.91 Å². The first-order valence-electron chi connectivity index (χ1n) is 10.1. The van der Waals surface area contributed by atoms with Crippen LogP contribution in [0.2, 0.25) is 0 Å². The third kappa shape index (κ3) is 4.47. The number of hydrogen-bond acceptors (Lipinski definition) is 4. The number of rotatable bonds is 6. The molecule has 2 aliphatic heterocycles. The summed E-state index contributed by atoms with van der Waals surface area (Å²) < 4.78 is 10.8. The van der Waals surface area contributed by atoms with Gasteiger partial charge in [-0.15, -0.1) is 0 Å². The van der Waals surface area contributed by atoms with Gasteiger partial charge in [0.2, 0.25) is 12.7 Å². The SMILES string of the molecule is CN(Cc1ccccc1)[C@H]1CCCN(C(=O)CCc2ccc3c(c2)OCO3)C1. The first kappa shape index (κ1) is 18.8. The molecule has 0 bridgehead atoms. The van der Waals surface area contributed by atoms with E-state index in [4.69, 9.17) is 9.47 Å². The topological polar surface area (TPSA) is 42.0 Å². The van der Waals surface area contributed by atoms with Crippen LogP contribution in [-0.2, 0) is 17.8 Å². The van der Waals surface area contributed by atoms with Gasteiger partial charge in [-0.2, -0.15) is 0 Å². The molecular formula is C23H28N2O3. The molecule has 0 spiro atoms. The van der Waals surface area contributed by atoms with Crippen LogP contribution in [0.1, 0.15) is 30.4 Å². The van der Waals surface area contributed by atoms with Crippen LogP contribution in [0.4, 0.5) is 0 Å². The monoisotopic (exact) mass is 380 g/mol. The molecular weight excluding hydrogens is 352 g/mol. The highest BCUT2D eigenvalue weighted by Crippen LogP contribution is 2.32. The van der Waals surface area contributed by atoms with Gasteiger partial charge in [0, 0.05) is 32.1 Å². The molecule has 0 aromatic heterocycles. The summed E-state index contributed by atoms with van der Waals surface area (Å²) in [6.45, 7) is 2.90. The molecule has 2 aliphatic rings. The van der Waals surface area contributed by atoms with Crippen LogP contribution in [0, 0.1) is 0 Å². The summed E-state index contributed by atoms with van der Waals surface area (Å²) in [4.78, 5) is 17.2. The van der Waals surface area contributed by atoms with Gasteiger partial charge in [0.1, 0.15) is 0 Å². The molecule has 148 valence electrons. The van der Waals surface area contributed by atoms with Crippen molar-refractivity contribution in [2.24, 2.45) is 0 Å². The molecule has 1 amide bonds. The molecule has 2 aromatic rings. The second-order valence-corrected chi connectivity index (χ2v) is 7.72. The molecule has 0 N–H and O–H groups in total. The van der Waals surface area contributed by atoms with Gasteiger partial charge in [0.15, 0.2) is 11.5 Å². The van der Waals surface area contributed by atoms with E-state index in [1.807, 2.05) is 29.2 Å². The summed E-state index contributed by atoms with van der Waals surface area (Å²) in [7, 11) is 2.16. The molecule has 5 nitrogen and oxygen atoms in total. The van der Waals surface area contributed by atoms with Gasteiger partial charge in [0.25, 0.3) is 0 Å². The van der Waals surface area contributed by atoms with Gasteiger partial charge < -0.3 is 14.4 Å². The zero-order chi connectivity index (χ0) is 19.3. The summed E-state index contributed by atoms with van der Waals surface area (Å²) in [5.41, 5.74) is 2.43. The summed E-state index contributed by atoms with van der Waals surface area (Å²) in [5, 5.41) is 0. The van der Waals surface area contributed by atoms with Crippen molar-refractivity contribution in [1.29, 1.82) is 0 Å². The number of aryl methyl sites for hydroxylation is 1. The molecule has 28 heavy (non-hydrogen) atoms. The molecule has 0 aliphatic carbocycles. The highest BCUT2D eigenvalue weighted by atomic mass is 16.7. The first-order chi connectivity index (χ1) is 13.7. The van der Waals surface area contributed by atoms with E-state index in [0.717, 1.165) is 56.0 Å². The zero-order valence-electron chi connectivity index (χ0n) is 16.5. The van der Waals surface area contributed by atoms with Crippen molar-refractivity contribution in [1.82, 2.24) is 9.80 Å². The van der Waals surface area contributed by atoms with Gasteiger partial charge >= 0.3 is 0 Å². The number of piperidine rings is 1. The van der Waals surface area contributed by atoms with E-state index in [2.05, 4.69) is 36.2 Å². The molecule has 5 heteroatoms. The van der Waals surface area contributed by atoms with E-state index >= 15 is 0 Å². The Hall–Kier alpha value is -2.53. The predicted octanol–water partition coefficient (Wildman–Crippen LogP) is 3.47. The zero-order valence-corrected chi connectivity index (χ0v) is 16.5. The van der Waals surface area contributed by atoms with E-state index in [1.54, 1.807) is 0 Å². The molecule has 1 saturated heterocycles. The summed E-state index contributed by atoms with van der Waals surface area (Å²) in [5.74, 6) is 1.82. The number of benzene rings is 2. The minimum atomic E-state index is 0.246. The van der Waals surface area contributed by atoms with Crippen LogP contribution in [0.3, 0.4) is 0 Å². The fourth-order valence-corrected chi connectivity index (χ4v) is 4.05. The second kappa shape index (κ2) is 8.65. The average Bonchev–Trinajstić information content (AvgIpc) is 3.20. The Morgan fingerprint density at radius 3 is 2.79 bits per heavy atom. The van der Waals surface area contributed by atoms with Crippen LogP contribution in [0.25, 0.3) is 0 Å². The lowest BCUT2D eigenvalue weighted by molar-refractivity contribution is -0.133. The van der Waals surface area contributed by atoms with E-state index < -0.39 is 0 Å². The maximum Gasteiger partial charge on any atom is 0.231 e. The number of carbonyl (C=O) groups excluding carboxylic acids is 1. The van der Waals surface area contributed by atoms with Crippen molar-refractivity contribution in [2.75, 3.05) is 26.9 Å². The van der Waals surface area contributed by atoms with Gasteiger partial charge in [-0.25, -0.2) is 0 Å². The Morgan fingerprint density at radius 2 is 1.93 bits per heavy atom. The lowest BCUT2D eigenvalue weighted by Gasteiger charge is -2.38. The van der Waals surface area contributed by atoms with E-state index in [1.165, 1.54) is 5.56 Å². The molecule has 0 unspecified atom stereocenters. The van der Waals surface area contributed by atoms with Crippen LogP contribution in [-0.4, -0.2) is 48.7 Å². The Labute approximate surface area is 166 Å². The van der Waals surface area contributed by atoms with Crippen molar-refractivity contribution in [3.63, 3.8) is 0 Å². The largest absolute Gasteiger partial charge is 0.454 e. The fourth-order valence-electron chi connectivity index (χ4n) is 4.05. The standard InChI is InChI=1S/C23H28N2O3/c1-24(15-19-6-3-2-4-7-19)20-8-5-13-25(16-20)23(26)12-10-18-9-11-21-22(14-18)28-17-27-21/h2-4,6-7,9,11,14,20H,5,8,10,12-13,15-17H2,1H3/t20-/m0/s1. The van der Waals surface area contributed by atoms with E-state index in [-0.39, 0.29) is 12.7 Å². The van der Waals surface area contributed by atoms with Crippen LogP contribution in [0.15, 0.2) is 48.5 Å². The summed E-state index contributed by atoms with van der Waals surface area (Å²) in [6.07, 6.45) is 3.49.